The predicted octanol–water partition coefficient (Wildman–Crippen LogP) is 3.31. The van der Waals surface area contributed by atoms with Gasteiger partial charge in [-0.2, -0.15) is 13.2 Å². The average molecular weight is 388 g/mol. The maximum atomic E-state index is 12.7. The Morgan fingerprint density at radius 3 is 2.65 bits per heavy atom. The number of halogens is 3. The minimum Gasteiger partial charge on any atom is -0.462 e. The fourth-order valence-corrected chi connectivity index (χ4v) is 2.63. The van der Waals surface area contributed by atoms with Crippen molar-refractivity contribution in [3.8, 4) is 0 Å². The van der Waals surface area contributed by atoms with Crippen molar-refractivity contribution in [2.24, 2.45) is 0 Å². The Morgan fingerprint density at radius 1 is 1.42 bits per heavy atom. The normalized spacial score (nSPS) is 11.2. The molecule has 138 valence electrons. The van der Waals surface area contributed by atoms with Gasteiger partial charge in [0.1, 0.15) is 11.4 Å². The van der Waals surface area contributed by atoms with E-state index >= 15 is 0 Å². The summed E-state index contributed by atoms with van der Waals surface area (Å²) in [6.45, 7) is 1.72. The van der Waals surface area contributed by atoms with Crippen LogP contribution in [0.2, 0.25) is 0 Å². The van der Waals surface area contributed by atoms with Crippen LogP contribution in [0.1, 0.15) is 22.8 Å². The van der Waals surface area contributed by atoms with Gasteiger partial charge >= 0.3 is 12.1 Å². The Bertz CT molecular complexity index is 861. The lowest BCUT2D eigenvalue weighted by Crippen LogP contribution is -2.10. The highest BCUT2D eigenvalue weighted by Gasteiger charge is 2.33. The van der Waals surface area contributed by atoms with Crippen molar-refractivity contribution in [3.05, 3.63) is 45.6 Å². The molecule has 8 nitrogen and oxygen atoms in total. The first-order chi connectivity index (χ1) is 12.1. The molecule has 26 heavy (non-hydrogen) atoms. The molecule has 0 atom stereocenters. The topological polar surface area (TPSA) is 121 Å². The molecule has 0 radical (unpaired) electrons. The van der Waals surface area contributed by atoms with E-state index in [1.807, 2.05) is 0 Å². The second-order valence-electron chi connectivity index (χ2n) is 4.71. The highest BCUT2D eigenvalue weighted by Crippen LogP contribution is 2.38. The number of anilines is 1. The molecule has 0 saturated heterocycles. The first-order valence-corrected chi connectivity index (χ1v) is 7.78. The number of rotatable bonds is 5. The van der Waals surface area contributed by atoms with Crippen LogP contribution in [0.15, 0.2) is 34.4 Å². The minimum atomic E-state index is -4.71. The SMILES string of the molecule is CCOC(=O)c1cnc(Sc2ccc(C(F)(F)F)cc2[N+](=O)[O-])nc1N. The molecule has 1 aromatic heterocycles. The first-order valence-electron chi connectivity index (χ1n) is 6.96. The molecule has 0 saturated carbocycles. The van der Waals surface area contributed by atoms with Gasteiger partial charge in [0, 0.05) is 12.3 Å². The van der Waals surface area contributed by atoms with Gasteiger partial charge < -0.3 is 10.5 Å². The van der Waals surface area contributed by atoms with Crippen LogP contribution in [-0.2, 0) is 10.9 Å². The molecule has 0 bridgehead atoms. The highest BCUT2D eigenvalue weighted by atomic mass is 32.2. The zero-order valence-electron chi connectivity index (χ0n) is 13.1. The number of alkyl halides is 3. The average Bonchev–Trinajstić information content (AvgIpc) is 2.54. The second-order valence-corrected chi connectivity index (χ2v) is 5.72. The number of nitro benzene ring substituents is 1. The van der Waals surface area contributed by atoms with Crippen LogP contribution in [0.5, 0.6) is 0 Å². The number of nitrogens with two attached hydrogens (primary N) is 1. The molecule has 12 heteroatoms. The lowest BCUT2D eigenvalue weighted by Gasteiger charge is -2.09. The van der Waals surface area contributed by atoms with Gasteiger partial charge in [-0.3, -0.25) is 10.1 Å². The molecule has 2 aromatic rings. The van der Waals surface area contributed by atoms with Crippen molar-refractivity contribution in [3.63, 3.8) is 0 Å². The molecule has 1 heterocycles. The fourth-order valence-electron chi connectivity index (χ4n) is 1.81. The summed E-state index contributed by atoms with van der Waals surface area (Å²) in [6, 6.07) is 2.09. The Kier molecular flexibility index (Phi) is 5.65. The molecule has 0 fully saturated rings. The third-order valence-electron chi connectivity index (χ3n) is 2.98. The molecule has 0 aliphatic rings. The van der Waals surface area contributed by atoms with Crippen molar-refractivity contribution in [2.75, 3.05) is 12.3 Å². The predicted molar refractivity (Wildman–Crippen MR) is 84.6 cm³/mol. The van der Waals surface area contributed by atoms with Crippen molar-refractivity contribution in [1.82, 2.24) is 9.97 Å². The molecule has 0 aliphatic heterocycles. The summed E-state index contributed by atoms with van der Waals surface area (Å²) in [5.74, 6) is -0.947. The number of ether oxygens (including phenoxy) is 1. The van der Waals surface area contributed by atoms with Crippen LogP contribution >= 0.6 is 11.8 Å². The lowest BCUT2D eigenvalue weighted by molar-refractivity contribution is -0.388. The van der Waals surface area contributed by atoms with E-state index < -0.39 is 28.3 Å². The van der Waals surface area contributed by atoms with Gasteiger partial charge in [-0.15, -0.1) is 0 Å². The fraction of sp³-hybridized carbons (Fsp3) is 0.214. The highest BCUT2D eigenvalue weighted by molar-refractivity contribution is 7.99. The van der Waals surface area contributed by atoms with E-state index in [4.69, 9.17) is 10.5 Å². The van der Waals surface area contributed by atoms with E-state index in [0.29, 0.717) is 23.9 Å². The number of hydrogen-bond acceptors (Lipinski definition) is 8. The molecular weight excluding hydrogens is 377 g/mol. The summed E-state index contributed by atoms with van der Waals surface area (Å²) in [4.78, 5) is 29.3. The number of carbonyl (C=O) groups is 1. The zero-order valence-corrected chi connectivity index (χ0v) is 13.9. The van der Waals surface area contributed by atoms with Crippen LogP contribution in [0.3, 0.4) is 0 Å². The molecule has 0 spiro atoms. The van der Waals surface area contributed by atoms with Crippen molar-refractivity contribution < 1.29 is 27.6 Å². The Labute approximate surface area is 148 Å². The number of benzene rings is 1. The summed E-state index contributed by atoms with van der Waals surface area (Å²) in [6.07, 6.45) is -3.63. The number of nitro groups is 1. The van der Waals surface area contributed by atoms with Crippen LogP contribution in [0, 0.1) is 10.1 Å². The van der Waals surface area contributed by atoms with Crippen molar-refractivity contribution >= 4 is 29.2 Å². The van der Waals surface area contributed by atoms with E-state index in [1.54, 1.807) is 6.92 Å². The summed E-state index contributed by atoms with van der Waals surface area (Å²) < 4.78 is 42.9. The number of nitrogen functional groups attached to an aromatic ring is 1. The maximum Gasteiger partial charge on any atom is 0.416 e. The first kappa shape index (κ1) is 19.4. The smallest absolute Gasteiger partial charge is 0.416 e. The number of esters is 1. The summed E-state index contributed by atoms with van der Waals surface area (Å²) >= 11 is 0.646. The van der Waals surface area contributed by atoms with Gasteiger partial charge in [0.15, 0.2) is 5.16 Å². The molecule has 0 unspecified atom stereocenters. The maximum absolute atomic E-state index is 12.7. The number of hydrogen-bond donors (Lipinski definition) is 1. The van der Waals surface area contributed by atoms with E-state index in [1.165, 1.54) is 0 Å². The van der Waals surface area contributed by atoms with E-state index in [2.05, 4.69) is 9.97 Å². The van der Waals surface area contributed by atoms with Gasteiger partial charge in [0.2, 0.25) is 0 Å². The second kappa shape index (κ2) is 7.56. The van der Waals surface area contributed by atoms with Crippen molar-refractivity contribution in [2.45, 2.75) is 23.2 Å². The molecule has 0 amide bonds. The molecule has 1 aromatic carbocycles. The lowest BCUT2D eigenvalue weighted by atomic mass is 10.2. The molecule has 2 rings (SSSR count). The monoisotopic (exact) mass is 388 g/mol. The molecule has 2 N–H and O–H groups in total. The zero-order chi connectivity index (χ0) is 19.5. The number of carbonyl (C=O) groups excluding carboxylic acids is 1. The van der Waals surface area contributed by atoms with Gasteiger partial charge in [0.05, 0.1) is 22.0 Å². The van der Waals surface area contributed by atoms with Crippen LogP contribution in [-0.4, -0.2) is 27.5 Å². The third kappa shape index (κ3) is 4.39. The van der Waals surface area contributed by atoms with Crippen molar-refractivity contribution in [1.29, 1.82) is 0 Å². The van der Waals surface area contributed by atoms with Crippen LogP contribution in [0.25, 0.3) is 0 Å². The summed E-state index contributed by atoms with van der Waals surface area (Å²) in [5.41, 5.74) is 3.66. The molecule has 0 aliphatic carbocycles. The number of aromatic nitrogens is 2. The largest absolute Gasteiger partial charge is 0.462 e. The number of nitrogens with zero attached hydrogens (tertiary/aromatic N) is 3. The van der Waals surface area contributed by atoms with Gasteiger partial charge in [-0.1, -0.05) is 0 Å². The quantitative estimate of drug-likeness (QED) is 0.358. The van der Waals surface area contributed by atoms with E-state index in [0.717, 1.165) is 12.3 Å². The van der Waals surface area contributed by atoms with Crippen LogP contribution < -0.4 is 5.73 Å². The van der Waals surface area contributed by atoms with Gasteiger partial charge in [0.25, 0.3) is 5.69 Å². The Balaban J connectivity index is 2.35. The molecular formula is C14H11F3N4O4S. The van der Waals surface area contributed by atoms with E-state index in [-0.39, 0.29) is 28.0 Å². The van der Waals surface area contributed by atoms with E-state index in [9.17, 15) is 28.1 Å². The third-order valence-corrected chi connectivity index (χ3v) is 3.92. The minimum absolute atomic E-state index is 0.0709. The summed E-state index contributed by atoms with van der Waals surface area (Å²) in [5, 5.41) is 11.0. The standard InChI is InChI=1S/C14H11F3N4O4S/c1-2-25-12(22)8-6-19-13(20-11(8)18)26-10-4-3-7(14(15,16)17)5-9(10)21(23)24/h3-6H,2H2,1H3,(H2,18,19,20). The Morgan fingerprint density at radius 2 is 2.12 bits per heavy atom. The Hall–Kier alpha value is -2.89. The van der Waals surface area contributed by atoms with Gasteiger partial charge in [-0.05, 0) is 30.8 Å². The summed E-state index contributed by atoms with van der Waals surface area (Å²) in [7, 11) is 0. The van der Waals surface area contributed by atoms with Crippen LogP contribution in [0.4, 0.5) is 24.7 Å². The van der Waals surface area contributed by atoms with Gasteiger partial charge in [-0.25, -0.2) is 14.8 Å².